The molecule has 1 aliphatic rings. The van der Waals surface area contributed by atoms with Crippen molar-refractivity contribution in [1.82, 2.24) is 10.2 Å². The molecule has 0 saturated carbocycles. The van der Waals surface area contributed by atoms with Gasteiger partial charge in [-0.2, -0.15) is 0 Å². The van der Waals surface area contributed by atoms with Gasteiger partial charge in [0.1, 0.15) is 0 Å². The molecule has 1 unspecified atom stereocenters. The number of Topliss-reactive ketones (excluding diaryl/α,β-unsaturated/α-hetero) is 1. The Labute approximate surface area is 99.6 Å². The van der Waals surface area contributed by atoms with Gasteiger partial charge in [0.15, 0.2) is 5.78 Å². The summed E-state index contributed by atoms with van der Waals surface area (Å²) in [5.41, 5.74) is 0. The highest BCUT2D eigenvalue weighted by Crippen LogP contribution is 2.10. The number of carbonyl (C=O) groups is 1. The average molecular weight is 226 g/mol. The fourth-order valence-electron chi connectivity index (χ4n) is 2.24. The Morgan fingerprint density at radius 3 is 2.50 bits per heavy atom. The van der Waals surface area contributed by atoms with Crippen LogP contribution in [0.3, 0.4) is 0 Å². The number of hydrogen-bond acceptors (Lipinski definition) is 3. The predicted molar refractivity (Wildman–Crippen MR) is 67.6 cm³/mol. The minimum atomic E-state index is 0.119. The van der Waals surface area contributed by atoms with E-state index in [0.717, 1.165) is 32.5 Å². The molecule has 94 valence electrons. The van der Waals surface area contributed by atoms with Gasteiger partial charge < -0.3 is 10.2 Å². The van der Waals surface area contributed by atoms with Crippen molar-refractivity contribution in [3.8, 4) is 0 Å². The van der Waals surface area contributed by atoms with Crippen molar-refractivity contribution < 1.29 is 4.79 Å². The van der Waals surface area contributed by atoms with Crippen LogP contribution in [0.1, 0.15) is 40.5 Å². The summed E-state index contributed by atoms with van der Waals surface area (Å²) in [6, 6.07) is 0.687. The SMILES string of the molecule is CC(C)CN(CCC1NCCC1=O)C(C)C. The Balaban J connectivity index is 2.34. The first-order valence-corrected chi connectivity index (χ1v) is 6.51. The summed E-state index contributed by atoms with van der Waals surface area (Å²) in [6.07, 6.45) is 1.68. The molecule has 1 rings (SSSR count). The second-order valence-electron chi connectivity index (χ2n) is 5.49. The van der Waals surface area contributed by atoms with Crippen LogP contribution in [0.25, 0.3) is 0 Å². The third-order valence-electron chi connectivity index (χ3n) is 3.19. The maximum absolute atomic E-state index is 11.5. The number of rotatable bonds is 6. The number of hydrogen-bond donors (Lipinski definition) is 1. The molecule has 1 saturated heterocycles. The van der Waals surface area contributed by atoms with Gasteiger partial charge in [0.2, 0.25) is 0 Å². The smallest absolute Gasteiger partial charge is 0.151 e. The summed E-state index contributed by atoms with van der Waals surface area (Å²) < 4.78 is 0. The molecule has 0 bridgehead atoms. The largest absolute Gasteiger partial charge is 0.307 e. The highest BCUT2D eigenvalue weighted by molar-refractivity contribution is 5.86. The molecule has 16 heavy (non-hydrogen) atoms. The highest BCUT2D eigenvalue weighted by Gasteiger charge is 2.24. The van der Waals surface area contributed by atoms with E-state index in [1.807, 2.05) is 0 Å². The van der Waals surface area contributed by atoms with Gasteiger partial charge in [0, 0.05) is 32.1 Å². The van der Waals surface area contributed by atoms with Crippen LogP contribution in [-0.4, -0.2) is 42.4 Å². The Morgan fingerprint density at radius 2 is 2.06 bits per heavy atom. The number of carbonyl (C=O) groups excluding carboxylic acids is 1. The first-order valence-electron chi connectivity index (χ1n) is 6.51. The van der Waals surface area contributed by atoms with Gasteiger partial charge in [-0.1, -0.05) is 13.8 Å². The van der Waals surface area contributed by atoms with Gasteiger partial charge in [-0.25, -0.2) is 0 Å². The maximum Gasteiger partial charge on any atom is 0.151 e. The molecule has 3 nitrogen and oxygen atoms in total. The summed E-state index contributed by atoms with van der Waals surface area (Å²) in [4.78, 5) is 14.0. The van der Waals surface area contributed by atoms with Crippen molar-refractivity contribution in [3.05, 3.63) is 0 Å². The summed E-state index contributed by atoms with van der Waals surface area (Å²) in [7, 11) is 0. The molecule has 0 amide bonds. The summed E-state index contributed by atoms with van der Waals surface area (Å²) in [6.45, 7) is 12.0. The van der Waals surface area contributed by atoms with E-state index in [2.05, 4.69) is 37.9 Å². The van der Waals surface area contributed by atoms with E-state index in [9.17, 15) is 4.79 Å². The zero-order chi connectivity index (χ0) is 12.1. The van der Waals surface area contributed by atoms with Crippen molar-refractivity contribution in [1.29, 1.82) is 0 Å². The van der Waals surface area contributed by atoms with E-state index in [-0.39, 0.29) is 6.04 Å². The van der Waals surface area contributed by atoms with E-state index in [1.54, 1.807) is 0 Å². The molecule has 0 aromatic heterocycles. The molecule has 0 aromatic rings. The normalized spacial score (nSPS) is 21.7. The van der Waals surface area contributed by atoms with E-state index in [1.165, 1.54) is 0 Å². The minimum absolute atomic E-state index is 0.119. The third-order valence-corrected chi connectivity index (χ3v) is 3.19. The monoisotopic (exact) mass is 226 g/mol. The average Bonchev–Trinajstić information content (AvgIpc) is 2.57. The number of nitrogens with zero attached hydrogens (tertiary/aromatic N) is 1. The zero-order valence-corrected chi connectivity index (χ0v) is 11.1. The second kappa shape index (κ2) is 6.36. The molecule has 0 aromatic carbocycles. The van der Waals surface area contributed by atoms with Crippen LogP contribution in [0.15, 0.2) is 0 Å². The predicted octanol–water partition coefficient (Wildman–Crippen LogP) is 1.67. The number of nitrogens with one attached hydrogen (secondary N) is 1. The fraction of sp³-hybridized carbons (Fsp3) is 0.923. The van der Waals surface area contributed by atoms with Gasteiger partial charge in [0.05, 0.1) is 6.04 Å². The zero-order valence-electron chi connectivity index (χ0n) is 11.1. The van der Waals surface area contributed by atoms with Crippen LogP contribution >= 0.6 is 0 Å². The molecule has 1 fully saturated rings. The first kappa shape index (κ1) is 13.7. The Kier molecular flexibility index (Phi) is 5.42. The van der Waals surface area contributed by atoms with Gasteiger partial charge in [0.25, 0.3) is 0 Å². The molecule has 3 heteroatoms. The fourth-order valence-corrected chi connectivity index (χ4v) is 2.24. The lowest BCUT2D eigenvalue weighted by Crippen LogP contribution is -2.39. The van der Waals surface area contributed by atoms with Crippen LogP contribution in [0.2, 0.25) is 0 Å². The maximum atomic E-state index is 11.5. The van der Waals surface area contributed by atoms with Gasteiger partial charge in [-0.15, -0.1) is 0 Å². The van der Waals surface area contributed by atoms with Crippen LogP contribution in [0.4, 0.5) is 0 Å². The highest BCUT2D eigenvalue weighted by atomic mass is 16.1. The number of ketones is 1. The van der Waals surface area contributed by atoms with E-state index in [4.69, 9.17) is 0 Å². The topological polar surface area (TPSA) is 32.3 Å². The molecule has 0 radical (unpaired) electrons. The van der Waals surface area contributed by atoms with Crippen molar-refractivity contribution in [2.24, 2.45) is 5.92 Å². The van der Waals surface area contributed by atoms with E-state index in [0.29, 0.717) is 17.7 Å². The molecule has 1 heterocycles. The van der Waals surface area contributed by atoms with E-state index < -0.39 is 0 Å². The third kappa shape index (κ3) is 4.22. The quantitative estimate of drug-likeness (QED) is 0.748. The lowest BCUT2D eigenvalue weighted by Gasteiger charge is -2.29. The summed E-state index contributed by atoms with van der Waals surface area (Å²) in [5.74, 6) is 1.09. The van der Waals surface area contributed by atoms with Crippen LogP contribution in [0, 0.1) is 5.92 Å². The summed E-state index contributed by atoms with van der Waals surface area (Å²) in [5, 5.41) is 3.28. The summed E-state index contributed by atoms with van der Waals surface area (Å²) >= 11 is 0. The first-order chi connectivity index (χ1) is 7.50. The van der Waals surface area contributed by atoms with Crippen molar-refractivity contribution in [2.45, 2.75) is 52.6 Å². The van der Waals surface area contributed by atoms with Crippen LogP contribution in [0.5, 0.6) is 0 Å². The molecule has 1 atom stereocenters. The van der Waals surface area contributed by atoms with Crippen molar-refractivity contribution in [3.63, 3.8) is 0 Å². The van der Waals surface area contributed by atoms with Gasteiger partial charge >= 0.3 is 0 Å². The van der Waals surface area contributed by atoms with Crippen molar-refractivity contribution in [2.75, 3.05) is 19.6 Å². The van der Waals surface area contributed by atoms with E-state index >= 15 is 0 Å². The Morgan fingerprint density at radius 1 is 1.38 bits per heavy atom. The molecule has 1 N–H and O–H groups in total. The van der Waals surface area contributed by atoms with Crippen LogP contribution in [-0.2, 0) is 4.79 Å². The molecule has 0 aliphatic carbocycles. The molecule has 1 aliphatic heterocycles. The standard InChI is InChI=1S/C13H26N2O/c1-10(2)9-15(11(3)4)8-6-12-13(16)5-7-14-12/h10-12,14H,5-9H2,1-4H3. The molecular weight excluding hydrogens is 200 g/mol. The van der Waals surface area contributed by atoms with Crippen molar-refractivity contribution >= 4 is 5.78 Å². The molecule has 0 spiro atoms. The Bertz CT molecular complexity index is 226. The minimum Gasteiger partial charge on any atom is -0.307 e. The van der Waals surface area contributed by atoms with Gasteiger partial charge in [-0.05, 0) is 26.2 Å². The second-order valence-corrected chi connectivity index (χ2v) is 5.49. The van der Waals surface area contributed by atoms with Gasteiger partial charge in [-0.3, -0.25) is 4.79 Å². The Hall–Kier alpha value is -0.410. The molecular formula is C13H26N2O. The van der Waals surface area contributed by atoms with Crippen LogP contribution < -0.4 is 5.32 Å². The lowest BCUT2D eigenvalue weighted by atomic mass is 10.1. The lowest BCUT2D eigenvalue weighted by molar-refractivity contribution is -0.118.